The molecular formula is C15H17N5O2S2. The van der Waals surface area contributed by atoms with Gasteiger partial charge in [-0.15, -0.1) is 16.4 Å². The van der Waals surface area contributed by atoms with E-state index in [1.165, 1.54) is 0 Å². The molecule has 0 saturated carbocycles. The van der Waals surface area contributed by atoms with E-state index in [0.717, 1.165) is 37.7 Å². The molecule has 0 aliphatic carbocycles. The van der Waals surface area contributed by atoms with Crippen molar-refractivity contribution in [1.82, 2.24) is 24.6 Å². The molecule has 3 aromatic heterocycles. The van der Waals surface area contributed by atoms with Gasteiger partial charge in [0.2, 0.25) is 11.4 Å². The lowest BCUT2D eigenvalue weighted by molar-refractivity contribution is -0.0442. The monoisotopic (exact) mass is 363 g/mol. The van der Waals surface area contributed by atoms with Crippen molar-refractivity contribution in [1.29, 1.82) is 0 Å². The third-order valence-corrected chi connectivity index (χ3v) is 6.07. The van der Waals surface area contributed by atoms with Crippen molar-refractivity contribution >= 4 is 28.9 Å². The molecule has 1 aliphatic heterocycles. The molecule has 1 saturated heterocycles. The van der Waals surface area contributed by atoms with E-state index in [9.17, 15) is 0 Å². The second-order valence-electron chi connectivity index (χ2n) is 5.54. The predicted molar refractivity (Wildman–Crippen MR) is 91.3 cm³/mol. The summed E-state index contributed by atoms with van der Waals surface area (Å²) in [5.74, 6) is 1.41. The molecule has 0 aromatic carbocycles. The van der Waals surface area contributed by atoms with Crippen LogP contribution in [-0.4, -0.2) is 37.8 Å². The Hall–Kier alpha value is -1.55. The second kappa shape index (κ2) is 6.40. The van der Waals surface area contributed by atoms with Crippen LogP contribution in [0.1, 0.15) is 33.1 Å². The van der Waals surface area contributed by atoms with Crippen LogP contribution in [0.2, 0.25) is 0 Å². The van der Waals surface area contributed by atoms with Gasteiger partial charge in [0.05, 0.1) is 13.2 Å². The van der Waals surface area contributed by atoms with Gasteiger partial charge < -0.3 is 9.47 Å². The number of aryl methyl sites for hydroxylation is 2. The molecule has 4 heterocycles. The Bertz CT molecular complexity index is 885. The van der Waals surface area contributed by atoms with Crippen LogP contribution in [0.25, 0.3) is 5.78 Å². The first-order valence-corrected chi connectivity index (χ1v) is 9.43. The molecular weight excluding hydrogens is 346 g/mol. The Morgan fingerprint density at radius 3 is 2.83 bits per heavy atom. The Morgan fingerprint density at radius 2 is 2.04 bits per heavy atom. The summed E-state index contributed by atoms with van der Waals surface area (Å²) in [6.07, 6.45) is 1.56. The van der Waals surface area contributed by atoms with Crippen molar-refractivity contribution in [2.24, 2.45) is 0 Å². The summed E-state index contributed by atoms with van der Waals surface area (Å²) in [7, 11) is 0. The molecule has 0 atom stereocenters. The summed E-state index contributed by atoms with van der Waals surface area (Å²) < 4.78 is 12.8. The summed E-state index contributed by atoms with van der Waals surface area (Å²) in [6.45, 7) is 7.35. The van der Waals surface area contributed by atoms with Gasteiger partial charge in [0.15, 0.2) is 0 Å². The first kappa shape index (κ1) is 15.9. The predicted octanol–water partition coefficient (Wildman–Crippen LogP) is 2.84. The summed E-state index contributed by atoms with van der Waals surface area (Å²) in [6, 6.07) is 0. The summed E-state index contributed by atoms with van der Waals surface area (Å²) in [5, 5.41) is 6.15. The molecule has 126 valence electrons. The first-order valence-electron chi connectivity index (χ1n) is 7.63. The van der Waals surface area contributed by atoms with E-state index in [-0.39, 0.29) is 6.29 Å². The fourth-order valence-electron chi connectivity index (χ4n) is 2.43. The smallest absolute Gasteiger partial charge is 0.253 e. The summed E-state index contributed by atoms with van der Waals surface area (Å²) >= 11 is 3.19. The standard InChI is InChI=1S/C15H17N5O2S2/c1-8-9(2)17-14-18-15(19-20(14)10(8)3)23-7-11-6-16-12(24-11)13-21-4-5-22-13/h6,13H,4-5,7H2,1-3H3. The van der Waals surface area contributed by atoms with Gasteiger partial charge in [0, 0.05) is 28.2 Å². The fraction of sp³-hybridized carbons (Fsp3) is 0.467. The highest BCUT2D eigenvalue weighted by Gasteiger charge is 2.21. The van der Waals surface area contributed by atoms with Crippen molar-refractivity contribution in [3.63, 3.8) is 0 Å². The number of thiazole rings is 1. The van der Waals surface area contributed by atoms with Crippen molar-refractivity contribution in [3.8, 4) is 0 Å². The minimum Gasteiger partial charge on any atom is -0.344 e. The van der Waals surface area contributed by atoms with Crippen LogP contribution in [0.3, 0.4) is 0 Å². The zero-order valence-electron chi connectivity index (χ0n) is 13.6. The molecule has 0 amide bonds. The van der Waals surface area contributed by atoms with Gasteiger partial charge >= 0.3 is 0 Å². The van der Waals surface area contributed by atoms with Crippen LogP contribution >= 0.6 is 23.1 Å². The molecule has 9 heteroatoms. The highest BCUT2D eigenvalue weighted by atomic mass is 32.2. The van der Waals surface area contributed by atoms with Crippen molar-refractivity contribution in [3.05, 3.63) is 33.0 Å². The maximum absolute atomic E-state index is 5.47. The fourth-order valence-corrected chi connectivity index (χ4v) is 4.19. The van der Waals surface area contributed by atoms with E-state index in [1.54, 1.807) is 23.1 Å². The van der Waals surface area contributed by atoms with Crippen LogP contribution in [0.4, 0.5) is 0 Å². The lowest BCUT2D eigenvalue weighted by Gasteiger charge is -2.04. The SMILES string of the molecule is Cc1nc2nc(SCc3cnc(C4OCCO4)s3)nn2c(C)c1C. The van der Waals surface area contributed by atoms with E-state index in [2.05, 4.69) is 27.0 Å². The average molecular weight is 363 g/mol. The Labute approximate surface area is 147 Å². The van der Waals surface area contributed by atoms with E-state index in [0.29, 0.717) is 19.0 Å². The second-order valence-corrected chi connectivity index (χ2v) is 7.63. The minimum absolute atomic E-state index is 0.306. The molecule has 3 aromatic rings. The first-order chi connectivity index (χ1) is 11.6. The number of ether oxygens (including phenoxy) is 2. The normalized spacial score (nSPS) is 15.6. The van der Waals surface area contributed by atoms with Crippen LogP contribution in [0, 0.1) is 20.8 Å². The third kappa shape index (κ3) is 2.92. The lowest BCUT2D eigenvalue weighted by Crippen LogP contribution is -2.02. The van der Waals surface area contributed by atoms with Gasteiger partial charge in [-0.25, -0.2) is 14.5 Å². The number of fused-ring (bicyclic) bond motifs is 1. The number of thioether (sulfide) groups is 1. The number of nitrogens with zero attached hydrogens (tertiary/aromatic N) is 5. The molecule has 1 fully saturated rings. The van der Waals surface area contributed by atoms with E-state index >= 15 is 0 Å². The third-order valence-electron chi connectivity index (χ3n) is 3.98. The maximum Gasteiger partial charge on any atom is 0.253 e. The van der Waals surface area contributed by atoms with E-state index in [1.807, 2.05) is 24.6 Å². The van der Waals surface area contributed by atoms with E-state index < -0.39 is 0 Å². The van der Waals surface area contributed by atoms with Gasteiger partial charge in [-0.1, -0.05) is 11.8 Å². The lowest BCUT2D eigenvalue weighted by atomic mass is 10.2. The molecule has 1 aliphatic rings. The highest BCUT2D eigenvalue weighted by molar-refractivity contribution is 7.98. The average Bonchev–Trinajstić information content (AvgIpc) is 3.29. The molecule has 0 unspecified atom stereocenters. The van der Waals surface area contributed by atoms with Gasteiger partial charge in [0.25, 0.3) is 5.78 Å². The van der Waals surface area contributed by atoms with Crippen LogP contribution in [-0.2, 0) is 15.2 Å². The van der Waals surface area contributed by atoms with Crippen molar-refractivity contribution in [2.75, 3.05) is 13.2 Å². The van der Waals surface area contributed by atoms with Gasteiger partial charge in [-0.2, -0.15) is 4.98 Å². The Kier molecular flexibility index (Phi) is 4.25. The number of aromatic nitrogens is 5. The molecule has 0 N–H and O–H groups in total. The summed E-state index contributed by atoms with van der Waals surface area (Å²) in [4.78, 5) is 14.5. The van der Waals surface area contributed by atoms with Crippen molar-refractivity contribution in [2.45, 2.75) is 38.0 Å². The number of hydrogen-bond acceptors (Lipinski definition) is 8. The topological polar surface area (TPSA) is 74.4 Å². The molecule has 0 spiro atoms. The highest BCUT2D eigenvalue weighted by Crippen LogP contribution is 2.30. The largest absolute Gasteiger partial charge is 0.344 e. The zero-order chi connectivity index (χ0) is 16.7. The number of hydrogen-bond donors (Lipinski definition) is 0. The number of rotatable bonds is 4. The van der Waals surface area contributed by atoms with Gasteiger partial charge in [-0.05, 0) is 26.3 Å². The zero-order valence-corrected chi connectivity index (χ0v) is 15.3. The van der Waals surface area contributed by atoms with Gasteiger partial charge in [0.1, 0.15) is 5.01 Å². The molecule has 0 radical (unpaired) electrons. The van der Waals surface area contributed by atoms with Crippen LogP contribution < -0.4 is 0 Å². The summed E-state index contributed by atoms with van der Waals surface area (Å²) in [5.41, 5.74) is 3.22. The molecule has 0 bridgehead atoms. The maximum atomic E-state index is 5.47. The quantitative estimate of drug-likeness (QED) is 0.660. The minimum atomic E-state index is -0.306. The Morgan fingerprint density at radius 1 is 1.25 bits per heavy atom. The van der Waals surface area contributed by atoms with Gasteiger partial charge in [-0.3, -0.25) is 0 Å². The molecule has 7 nitrogen and oxygen atoms in total. The van der Waals surface area contributed by atoms with E-state index in [4.69, 9.17) is 9.47 Å². The molecule has 24 heavy (non-hydrogen) atoms. The van der Waals surface area contributed by atoms with Crippen LogP contribution in [0.15, 0.2) is 11.4 Å². The van der Waals surface area contributed by atoms with Crippen LogP contribution in [0.5, 0.6) is 0 Å². The van der Waals surface area contributed by atoms with Crippen molar-refractivity contribution < 1.29 is 9.47 Å². The molecule has 4 rings (SSSR count). The Balaban J connectivity index is 1.49.